The van der Waals surface area contributed by atoms with E-state index in [0.29, 0.717) is 32.4 Å². The molecule has 0 radical (unpaired) electrons. The fraction of sp³-hybridized carbons (Fsp3) is 0.875. The van der Waals surface area contributed by atoms with Gasteiger partial charge in [0.2, 0.25) is 0 Å². The molecule has 30 heavy (non-hydrogen) atoms. The van der Waals surface area contributed by atoms with Crippen LogP contribution in [0.25, 0.3) is 0 Å². The van der Waals surface area contributed by atoms with Gasteiger partial charge in [-0.25, -0.2) is 9.59 Å². The third-order valence-electron chi connectivity index (χ3n) is 6.18. The topological polar surface area (TPSA) is 72.9 Å². The molecule has 0 aromatic rings. The van der Waals surface area contributed by atoms with E-state index < -0.39 is 17.7 Å². The van der Waals surface area contributed by atoms with Gasteiger partial charge in [0, 0.05) is 19.4 Å². The molecule has 6 nitrogen and oxygen atoms in total. The van der Waals surface area contributed by atoms with Crippen molar-refractivity contribution in [3.8, 4) is 0 Å². The van der Waals surface area contributed by atoms with Gasteiger partial charge in [-0.3, -0.25) is 9.69 Å². The van der Waals surface area contributed by atoms with Crippen LogP contribution < -0.4 is 0 Å². The van der Waals surface area contributed by atoms with Crippen molar-refractivity contribution in [1.29, 1.82) is 0 Å². The standard InChI is InChI=1S/C24H41NO5/c1-5-6-7-8-9-10-11-14-29-22(27)21-16-19-15-20(26)13-12-18(19)17-25(21)23(28)30-24(2,3)4/h18-19,21H,5-17H2,1-4H3/t18-,19+,21-/m0/s1. The normalized spacial score (nSPS) is 24.3. The molecule has 1 aliphatic heterocycles. The summed E-state index contributed by atoms with van der Waals surface area (Å²) in [4.78, 5) is 39.1. The summed E-state index contributed by atoms with van der Waals surface area (Å²) in [6, 6.07) is -0.656. The van der Waals surface area contributed by atoms with Gasteiger partial charge in [0.25, 0.3) is 0 Å². The molecule has 1 saturated heterocycles. The van der Waals surface area contributed by atoms with Crippen LogP contribution in [0.2, 0.25) is 0 Å². The van der Waals surface area contributed by atoms with Gasteiger partial charge < -0.3 is 9.47 Å². The third-order valence-corrected chi connectivity index (χ3v) is 6.18. The first-order chi connectivity index (χ1) is 14.2. The number of ether oxygens (including phenoxy) is 2. The van der Waals surface area contributed by atoms with Crippen LogP contribution in [0.4, 0.5) is 4.79 Å². The molecule has 0 aromatic carbocycles. The first kappa shape index (κ1) is 24.7. The molecule has 1 aliphatic carbocycles. The van der Waals surface area contributed by atoms with Crippen LogP contribution in [0.15, 0.2) is 0 Å². The van der Waals surface area contributed by atoms with E-state index >= 15 is 0 Å². The van der Waals surface area contributed by atoms with Gasteiger partial charge in [-0.15, -0.1) is 0 Å². The van der Waals surface area contributed by atoms with Crippen molar-refractivity contribution < 1.29 is 23.9 Å². The van der Waals surface area contributed by atoms with Crippen LogP contribution in [0.1, 0.15) is 98.3 Å². The number of fused-ring (bicyclic) bond motifs is 1. The summed E-state index contributed by atoms with van der Waals surface area (Å²) in [5, 5.41) is 0. The molecule has 172 valence electrons. The van der Waals surface area contributed by atoms with Crippen molar-refractivity contribution in [3.05, 3.63) is 0 Å². The second-order valence-electron chi connectivity index (χ2n) is 9.97. The van der Waals surface area contributed by atoms with E-state index in [2.05, 4.69) is 6.92 Å². The summed E-state index contributed by atoms with van der Waals surface area (Å²) >= 11 is 0. The van der Waals surface area contributed by atoms with E-state index in [4.69, 9.17) is 9.47 Å². The van der Waals surface area contributed by atoms with Gasteiger partial charge in [-0.05, 0) is 51.9 Å². The summed E-state index contributed by atoms with van der Waals surface area (Å²) in [6.07, 6.45) is 9.96. The Bertz CT molecular complexity index is 583. The van der Waals surface area contributed by atoms with Crippen molar-refractivity contribution in [2.24, 2.45) is 11.8 Å². The van der Waals surface area contributed by atoms with Gasteiger partial charge in [0.15, 0.2) is 0 Å². The van der Waals surface area contributed by atoms with Gasteiger partial charge in [0.05, 0.1) is 6.61 Å². The van der Waals surface area contributed by atoms with Gasteiger partial charge >= 0.3 is 12.1 Å². The third kappa shape index (κ3) is 7.92. The number of rotatable bonds is 9. The summed E-state index contributed by atoms with van der Waals surface area (Å²) in [7, 11) is 0. The van der Waals surface area contributed by atoms with Crippen LogP contribution in [-0.2, 0) is 19.1 Å². The van der Waals surface area contributed by atoms with Crippen LogP contribution in [0.5, 0.6) is 0 Å². The maximum Gasteiger partial charge on any atom is 0.411 e. The molecule has 0 spiro atoms. The molecular formula is C24H41NO5. The second kappa shape index (κ2) is 11.7. The minimum Gasteiger partial charge on any atom is -0.464 e. The Hall–Kier alpha value is -1.59. The lowest BCUT2D eigenvalue weighted by atomic mass is 9.72. The van der Waals surface area contributed by atoms with Crippen molar-refractivity contribution in [3.63, 3.8) is 0 Å². The molecule has 2 aliphatic rings. The Morgan fingerprint density at radius 1 is 1.03 bits per heavy atom. The van der Waals surface area contributed by atoms with Crippen LogP contribution in [0, 0.1) is 11.8 Å². The maximum atomic E-state index is 12.9. The summed E-state index contributed by atoms with van der Waals surface area (Å²) < 4.78 is 11.1. The quantitative estimate of drug-likeness (QED) is 0.373. The number of esters is 1. The second-order valence-corrected chi connectivity index (χ2v) is 9.97. The maximum absolute atomic E-state index is 12.9. The summed E-state index contributed by atoms with van der Waals surface area (Å²) in [6.45, 7) is 8.53. The fourth-order valence-electron chi connectivity index (χ4n) is 4.53. The number of hydrogen-bond acceptors (Lipinski definition) is 5. The lowest BCUT2D eigenvalue weighted by Gasteiger charge is -2.44. The zero-order valence-electron chi connectivity index (χ0n) is 19.4. The first-order valence-corrected chi connectivity index (χ1v) is 11.9. The van der Waals surface area contributed by atoms with E-state index in [1.54, 1.807) is 4.90 Å². The van der Waals surface area contributed by atoms with Gasteiger partial charge in [-0.2, -0.15) is 0 Å². The highest BCUT2D eigenvalue weighted by molar-refractivity contribution is 5.83. The van der Waals surface area contributed by atoms with Crippen molar-refractivity contribution in [1.82, 2.24) is 4.90 Å². The first-order valence-electron chi connectivity index (χ1n) is 11.9. The van der Waals surface area contributed by atoms with E-state index in [-0.39, 0.29) is 23.6 Å². The highest BCUT2D eigenvalue weighted by Crippen LogP contribution is 2.38. The number of ketones is 1. The number of Topliss-reactive ketones (excluding diaryl/α,β-unsaturated/α-hetero) is 1. The molecule has 0 N–H and O–H groups in total. The number of unbranched alkanes of at least 4 members (excludes halogenated alkanes) is 6. The fourth-order valence-corrected chi connectivity index (χ4v) is 4.53. The minimum absolute atomic E-state index is 0.154. The Morgan fingerprint density at radius 2 is 1.70 bits per heavy atom. The molecule has 0 aromatic heterocycles. The predicted octanol–water partition coefficient (Wildman–Crippen LogP) is 5.28. The number of carbonyl (C=O) groups excluding carboxylic acids is 3. The molecule has 6 heteroatoms. The van der Waals surface area contributed by atoms with E-state index in [1.165, 1.54) is 25.7 Å². The molecule has 1 saturated carbocycles. The summed E-state index contributed by atoms with van der Waals surface area (Å²) in [5.41, 5.74) is -0.622. The molecule has 0 unspecified atom stereocenters. The number of nitrogens with zero attached hydrogens (tertiary/aromatic N) is 1. The average Bonchev–Trinajstić information content (AvgIpc) is 2.67. The van der Waals surface area contributed by atoms with Gasteiger partial charge in [-0.1, -0.05) is 45.4 Å². The van der Waals surface area contributed by atoms with Crippen molar-refractivity contribution >= 4 is 17.8 Å². The molecule has 1 amide bonds. The number of hydrogen-bond donors (Lipinski definition) is 0. The largest absolute Gasteiger partial charge is 0.464 e. The van der Waals surface area contributed by atoms with E-state index in [9.17, 15) is 14.4 Å². The predicted molar refractivity (Wildman–Crippen MR) is 116 cm³/mol. The van der Waals surface area contributed by atoms with Crippen LogP contribution >= 0.6 is 0 Å². The summed E-state index contributed by atoms with van der Waals surface area (Å²) in [5.74, 6) is 0.309. The Balaban J connectivity index is 1.90. The Morgan fingerprint density at radius 3 is 2.37 bits per heavy atom. The minimum atomic E-state index is -0.656. The lowest BCUT2D eigenvalue weighted by molar-refractivity contribution is -0.154. The van der Waals surface area contributed by atoms with Crippen LogP contribution in [0.3, 0.4) is 0 Å². The lowest BCUT2D eigenvalue weighted by Crippen LogP contribution is -2.56. The zero-order chi connectivity index (χ0) is 22.1. The molecule has 2 fully saturated rings. The van der Waals surface area contributed by atoms with Gasteiger partial charge in [0.1, 0.15) is 17.4 Å². The van der Waals surface area contributed by atoms with E-state index in [0.717, 1.165) is 25.7 Å². The molecule has 1 heterocycles. The molecule has 0 bridgehead atoms. The highest BCUT2D eigenvalue weighted by Gasteiger charge is 2.45. The SMILES string of the molecule is CCCCCCCCCOC(=O)[C@@H]1C[C@H]2CC(=O)CC[C@H]2CN1C(=O)OC(C)(C)C. The monoisotopic (exact) mass is 423 g/mol. The van der Waals surface area contributed by atoms with Crippen LogP contribution in [-0.4, -0.2) is 47.5 Å². The number of likely N-dealkylation sites (tertiary alicyclic amines) is 1. The zero-order valence-corrected chi connectivity index (χ0v) is 19.4. The highest BCUT2D eigenvalue weighted by atomic mass is 16.6. The van der Waals surface area contributed by atoms with E-state index in [1.807, 2.05) is 20.8 Å². The number of amides is 1. The van der Waals surface area contributed by atoms with Crippen molar-refractivity contribution in [2.75, 3.05) is 13.2 Å². The number of carbonyl (C=O) groups is 3. The smallest absolute Gasteiger partial charge is 0.411 e. The molecule has 3 atom stereocenters. The average molecular weight is 424 g/mol. The number of piperidine rings is 1. The van der Waals surface area contributed by atoms with Crippen molar-refractivity contribution in [2.45, 2.75) is 110 Å². The Labute approximate surface area is 182 Å². The molecular weight excluding hydrogens is 382 g/mol. The molecule has 2 rings (SSSR count). The Kier molecular flexibility index (Phi) is 9.63.